The maximum Gasteiger partial charge on any atom is 0.471 e. The molecule has 1 heterocycles. The Morgan fingerprint density at radius 3 is 2.38 bits per heavy atom. The van der Waals surface area contributed by atoms with Crippen LogP contribution >= 0.6 is 0 Å². The number of halogens is 3. The van der Waals surface area contributed by atoms with Gasteiger partial charge in [0.1, 0.15) is 6.33 Å². The van der Waals surface area contributed by atoms with E-state index in [0.29, 0.717) is 17.9 Å². The highest BCUT2D eigenvalue weighted by molar-refractivity contribution is 5.94. The molecular formula is C15H17F3N6O2. The molecule has 0 unspecified atom stereocenters. The summed E-state index contributed by atoms with van der Waals surface area (Å²) in [6, 6.07) is 5.22. The minimum Gasteiger partial charge on any atom is -0.334 e. The number of carbonyl (C=O) groups excluding carboxylic acids is 2. The number of nitrogens with zero attached hydrogens (tertiary/aromatic N) is 3. The van der Waals surface area contributed by atoms with Gasteiger partial charge < -0.3 is 20.5 Å². The molecule has 0 aliphatic carbocycles. The Morgan fingerprint density at radius 1 is 1.12 bits per heavy atom. The lowest BCUT2D eigenvalue weighted by Crippen LogP contribution is -2.35. The van der Waals surface area contributed by atoms with Crippen LogP contribution in [0.1, 0.15) is 18.3 Å². The van der Waals surface area contributed by atoms with Crippen LogP contribution in [0, 0.1) is 0 Å². The summed E-state index contributed by atoms with van der Waals surface area (Å²) in [5.74, 6) is -1.42. The SMILES string of the molecule is CCn1cnnc1CNC(=O)NCc1ccc(NC(=O)C(F)(F)F)cc1. The van der Waals surface area contributed by atoms with Crippen molar-refractivity contribution >= 4 is 17.6 Å². The first-order valence-corrected chi connectivity index (χ1v) is 7.65. The van der Waals surface area contributed by atoms with Crippen LogP contribution in [0.15, 0.2) is 30.6 Å². The lowest BCUT2D eigenvalue weighted by atomic mass is 10.2. The van der Waals surface area contributed by atoms with E-state index in [4.69, 9.17) is 0 Å². The zero-order chi connectivity index (χ0) is 19.2. The number of urea groups is 1. The van der Waals surface area contributed by atoms with Gasteiger partial charge in [-0.2, -0.15) is 13.2 Å². The topological polar surface area (TPSA) is 101 Å². The van der Waals surface area contributed by atoms with Crippen molar-refractivity contribution in [2.24, 2.45) is 0 Å². The fourth-order valence-corrected chi connectivity index (χ4v) is 1.99. The normalized spacial score (nSPS) is 11.1. The number of aromatic nitrogens is 3. The van der Waals surface area contributed by atoms with Gasteiger partial charge in [0.2, 0.25) is 0 Å². The van der Waals surface area contributed by atoms with Crippen LogP contribution in [0.3, 0.4) is 0 Å². The van der Waals surface area contributed by atoms with Gasteiger partial charge in [0.15, 0.2) is 5.82 Å². The summed E-state index contributed by atoms with van der Waals surface area (Å²) in [6.07, 6.45) is -3.38. The summed E-state index contributed by atoms with van der Waals surface area (Å²) in [5.41, 5.74) is 0.668. The quantitative estimate of drug-likeness (QED) is 0.722. The van der Waals surface area contributed by atoms with E-state index in [1.54, 1.807) is 16.2 Å². The molecule has 0 aliphatic rings. The molecule has 1 aromatic carbocycles. The van der Waals surface area contributed by atoms with Crippen molar-refractivity contribution in [3.05, 3.63) is 42.0 Å². The van der Waals surface area contributed by atoms with E-state index >= 15 is 0 Å². The molecule has 2 rings (SSSR count). The van der Waals surface area contributed by atoms with Crippen LogP contribution in [0.5, 0.6) is 0 Å². The van der Waals surface area contributed by atoms with Gasteiger partial charge in [-0.05, 0) is 24.6 Å². The van der Waals surface area contributed by atoms with Crippen molar-refractivity contribution in [1.82, 2.24) is 25.4 Å². The van der Waals surface area contributed by atoms with Crippen molar-refractivity contribution in [3.63, 3.8) is 0 Å². The summed E-state index contributed by atoms with van der Waals surface area (Å²) in [5, 5.41) is 14.6. The summed E-state index contributed by atoms with van der Waals surface area (Å²) < 4.78 is 38.3. The fourth-order valence-electron chi connectivity index (χ4n) is 1.99. The molecule has 0 spiro atoms. The molecular weight excluding hydrogens is 353 g/mol. The van der Waals surface area contributed by atoms with E-state index < -0.39 is 18.1 Å². The van der Waals surface area contributed by atoms with Crippen LogP contribution in [0.4, 0.5) is 23.7 Å². The van der Waals surface area contributed by atoms with E-state index in [-0.39, 0.29) is 18.8 Å². The van der Waals surface area contributed by atoms with Crippen LogP contribution in [0.25, 0.3) is 0 Å². The molecule has 8 nitrogen and oxygen atoms in total. The third-order valence-electron chi connectivity index (χ3n) is 3.37. The first kappa shape index (κ1) is 19.2. The fraction of sp³-hybridized carbons (Fsp3) is 0.333. The summed E-state index contributed by atoms with van der Waals surface area (Å²) in [4.78, 5) is 22.6. The summed E-state index contributed by atoms with van der Waals surface area (Å²) in [7, 11) is 0. The van der Waals surface area contributed by atoms with Gasteiger partial charge in [-0.25, -0.2) is 4.79 Å². The number of rotatable bonds is 6. The van der Waals surface area contributed by atoms with Crippen molar-refractivity contribution < 1.29 is 22.8 Å². The van der Waals surface area contributed by atoms with Crippen LogP contribution in [0.2, 0.25) is 0 Å². The maximum absolute atomic E-state index is 12.2. The molecule has 3 N–H and O–H groups in total. The van der Waals surface area contributed by atoms with Gasteiger partial charge >= 0.3 is 18.1 Å². The first-order valence-electron chi connectivity index (χ1n) is 7.65. The van der Waals surface area contributed by atoms with Crippen molar-refractivity contribution in [1.29, 1.82) is 0 Å². The van der Waals surface area contributed by atoms with Crippen molar-refractivity contribution in [2.45, 2.75) is 32.7 Å². The van der Waals surface area contributed by atoms with Gasteiger partial charge in [0.05, 0.1) is 6.54 Å². The highest BCUT2D eigenvalue weighted by Crippen LogP contribution is 2.18. The molecule has 2 aromatic rings. The molecule has 3 amide bonds. The second-order valence-corrected chi connectivity index (χ2v) is 5.22. The average Bonchev–Trinajstić information content (AvgIpc) is 3.06. The monoisotopic (exact) mass is 370 g/mol. The Morgan fingerprint density at radius 2 is 1.77 bits per heavy atom. The van der Waals surface area contributed by atoms with E-state index in [1.165, 1.54) is 24.3 Å². The van der Waals surface area contributed by atoms with Gasteiger partial charge in [-0.15, -0.1) is 10.2 Å². The van der Waals surface area contributed by atoms with Crippen LogP contribution in [-0.4, -0.2) is 32.9 Å². The predicted octanol–water partition coefficient (Wildman–Crippen LogP) is 1.80. The Labute approximate surface area is 146 Å². The van der Waals surface area contributed by atoms with Gasteiger partial charge in [0.25, 0.3) is 0 Å². The van der Waals surface area contributed by atoms with E-state index in [9.17, 15) is 22.8 Å². The number of anilines is 1. The van der Waals surface area contributed by atoms with E-state index in [0.717, 1.165) is 0 Å². The Balaban J connectivity index is 1.78. The molecule has 0 bridgehead atoms. The minimum atomic E-state index is -4.94. The number of hydrogen-bond acceptors (Lipinski definition) is 4. The predicted molar refractivity (Wildman–Crippen MR) is 85.9 cm³/mol. The zero-order valence-electron chi connectivity index (χ0n) is 13.8. The Kier molecular flexibility index (Phi) is 6.15. The molecule has 11 heteroatoms. The molecule has 26 heavy (non-hydrogen) atoms. The Hall–Kier alpha value is -3.11. The standard InChI is InChI=1S/C15H17F3N6O2/c1-2-24-9-21-23-12(24)8-20-14(26)19-7-10-3-5-11(6-4-10)22-13(25)15(16,17)18/h3-6,9H,2,7-8H2,1H3,(H,22,25)(H2,19,20,26). The highest BCUT2D eigenvalue weighted by atomic mass is 19.4. The average molecular weight is 370 g/mol. The first-order chi connectivity index (χ1) is 12.3. The van der Waals surface area contributed by atoms with Crippen molar-refractivity contribution in [2.75, 3.05) is 5.32 Å². The Bertz CT molecular complexity index is 757. The summed E-state index contributed by atoms with van der Waals surface area (Å²) >= 11 is 0. The third kappa shape index (κ3) is 5.46. The summed E-state index contributed by atoms with van der Waals surface area (Å²) in [6.45, 7) is 2.98. The molecule has 0 atom stereocenters. The van der Waals surface area contributed by atoms with Gasteiger partial charge in [-0.1, -0.05) is 12.1 Å². The zero-order valence-corrected chi connectivity index (χ0v) is 13.8. The van der Waals surface area contributed by atoms with E-state index in [2.05, 4.69) is 20.8 Å². The molecule has 0 radical (unpaired) electrons. The number of nitrogens with one attached hydrogen (secondary N) is 3. The maximum atomic E-state index is 12.2. The largest absolute Gasteiger partial charge is 0.471 e. The van der Waals surface area contributed by atoms with Gasteiger partial charge in [-0.3, -0.25) is 4.79 Å². The number of aryl methyl sites for hydroxylation is 1. The van der Waals surface area contributed by atoms with Gasteiger partial charge in [0, 0.05) is 18.8 Å². The van der Waals surface area contributed by atoms with Crippen LogP contribution < -0.4 is 16.0 Å². The second-order valence-electron chi connectivity index (χ2n) is 5.22. The van der Waals surface area contributed by atoms with Crippen molar-refractivity contribution in [3.8, 4) is 0 Å². The number of amides is 3. The lowest BCUT2D eigenvalue weighted by molar-refractivity contribution is -0.167. The number of hydrogen-bond donors (Lipinski definition) is 3. The highest BCUT2D eigenvalue weighted by Gasteiger charge is 2.38. The van der Waals surface area contributed by atoms with Crippen LogP contribution in [-0.2, 0) is 24.4 Å². The number of benzene rings is 1. The van der Waals surface area contributed by atoms with E-state index in [1.807, 2.05) is 6.92 Å². The third-order valence-corrected chi connectivity index (χ3v) is 3.37. The number of alkyl halides is 3. The number of carbonyl (C=O) groups is 2. The lowest BCUT2D eigenvalue weighted by Gasteiger charge is -2.10. The molecule has 0 aliphatic heterocycles. The smallest absolute Gasteiger partial charge is 0.334 e. The molecule has 0 saturated heterocycles. The molecule has 0 fully saturated rings. The molecule has 140 valence electrons. The molecule has 0 saturated carbocycles. The molecule has 1 aromatic heterocycles. The second kappa shape index (κ2) is 8.32. The minimum absolute atomic E-state index is 0.0134.